The molecule has 10 heteroatoms. The number of hydrogen-bond donors (Lipinski definition) is 4. The molecule has 0 aromatic rings. The second-order valence-corrected chi connectivity index (χ2v) is 11.9. The van der Waals surface area contributed by atoms with Gasteiger partial charge in [-0.3, -0.25) is 14.2 Å². The maximum Gasteiger partial charge on any atom is 0.469 e. The first-order valence-corrected chi connectivity index (χ1v) is 17.8. The topological polar surface area (TPSA) is 129 Å². The van der Waals surface area contributed by atoms with Gasteiger partial charge in [-0.1, -0.05) is 135 Å². The SMILES string of the molecule is CCCCCCC(CCCCCC)COP(=O)(O)O.CCCCCCCCCCCCN(OCCO)OCCO. The average Bonchev–Trinajstić information content (AvgIpc) is 2.93. The largest absolute Gasteiger partial charge is 0.469 e. The lowest BCUT2D eigenvalue weighted by Crippen LogP contribution is -2.28. The molecule has 40 heavy (non-hydrogen) atoms. The van der Waals surface area contributed by atoms with Gasteiger partial charge in [0, 0.05) is 0 Å². The van der Waals surface area contributed by atoms with Crippen LogP contribution in [0.4, 0.5) is 0 Å². The van der Waals surface area contributed by atoms with Crippen LogP contribution >= 0.6 is 7.82 Å². The zero-order chi connectivity index (χ0) is 30.2. The van der Waals surface area contributed by atoms with E-state index in [-0.39, 0.29) is 33.0 Å². The summed E-state index contributed by atoms with van der Waals surface area (Å²) >= 11 is 0. The highest BCUT2D eigenvalue weighted by molar-refractivity contribution is 7.46. The summed E-state index contributed by atoms with van der Waals surface area (Å²) in [6.07, 6.45) is 24.5. The molecular weight excluding hydrogens is 533 g/mol. The summed E-state index contributed by atoms with van der Waals surface area (Å²) in [5.74, 6) is 0.293. The molecule has 0 aromatic heterocycles. The van der Waals surface area contributed by atoms with Crippen molar-refractivity contribution in [3.8, 4) is 0 Å². The number of aliphatic hydroxyl groups is 2. The van der Waals surface area contributed by atoms with E-state index in [1.54, 1.807) is 0 Å². The summed E-state index contributed by atoms with van der Waals surface area (Å²) in [6, 6.07) is 0. The maximum atomic E-state index is 10.8. The quantitative estimate of drug-likeness (QED) is 0.0373. The number of phosphoric ester groups is 1. The fourth-order valence-corrected chi connectivity index (χ4v) is 4.82. The van der Waals surface area contributed by atoms with Crippen molar-refractivity contribution in [3.63, 3.8) is 0 Å². The Morgan fingerprint density at radius 1 is 0.600 bits per heavy atom. The molecule has 0 atom stereocenters. The van der Waals surface area contributed by atoms with Crippen LogP contribution in [0.15, 0.2) is 0 Å². The van der Waals surface area contributed by atoms with Crippen molar-refractivity contribution in [2.24, 2.45) is 5.92 Å². The van der Waals surface area contributed by atoms with Crippen LogP contribution in [0.3, 0.4) is 0 Å². The first-order chi connectivity index (χ1) is 19.3. The number of nitrogens with zero attached hydrogens (tertiary/aromatic N) is 1. The lowest BCUT2D eigenvalue weighted by atomic mass is 9.95. The van der Waals surface area contributed by atoms with Gasteiger partial charge in [-0.05, 0) is 25.2 Å². The molecule has 244 valence electrons. The van der Waals surface area contributed by atoms with Gasteiger partial charge in [0.25, 0.3) is 0 Å². The number of aliphatic hydroxyl groups excluding tert-OH is 2. The molecule has 0 aliphatic rings. The Kier molecular flexibility index (Phi) is 35.1. The van der Waals surface area contributed by atoms with Crippen LogP contribution in [0, 0.1) is 5.92 Å². The molecule has 0 aliphatic carbocycles. The Bertz CT molecular complexity index is 504. The van der Waals surface area contributed by atoms with Crippen molar-refractivity contribution in [1.29, 1.82) is 0 Å². The number of rotatable bonds is 30. The van der Waals surface area contributed by atoms with Crippen LogP contribution in [0.1, 0.15) is 149 Å². The van der Waals surface area contributed by atoms with E-state index < -0.39 is 7.82 Å². The molecule has 0 spiro atoms. The van der Waals surface area contributed by atoms with Gasteiger partial charge in [-0.25, -0.2) is 4.57 Å². The van der Waals surface area contributed by atoms with E-state index in [2.05, 4.69) is 25.3 Å². The van der Waals surface area contributed by atoms with Crippen LogP contribution in [-0.4, -0.2) is 64.8 Å². The minimum absolute atomic E-state index is 0.0307. The molecule has 0 heterocycles. The molecule has 0 aliphatic heterocycles. The van der Waals surface area contributed by atoms with Crippen LogP contribution in [0.2, 0.25) is 0 Å². The Labute approximate surface area is 246 Å². The third-order valence-electron chi connectivity index (χ3n) is 6.76. The third kappa shape index (κ3) is 35.9. The lowest BCUT2D eigenvalue weighted by Gasteiger charge is -2.20. The van der Waals surface area contributed by atoms with Gasteiger partial charge < -0.3 is 20.0 Å². The van der Waals surface area contributed by atoms with E-state index >= 15 is 0 Å². The first kappa shape index (κ1) is 42.0. The standard InChI is InChI=1S/C16H35NO4.C14H31O4P/c1-2-3-4-5-6-7-8-9-10-11-12-17(20-15-13-18)21-16-14-19;1-3-5-7-9-11-14(12-10-8-6-4-2)13-18-19(15,16)17/h18-19H,2-16H2,1H3;14H,3-13H2,1-2H3,(H2,15,16,17). The van der Waals surface area contributed by atoms with E-state index in [1.165, 1.54) is 95.1 Å². The highest BCUT2D eigenvalue weighted by Crippen LogP contribution is 2.37. The van der Waals surface area contributed by atoms with Crippen molar-refractivity contribution in [1.82, 2.24) is 5.23 Å². The second kappa shape index (κ2) is 33.4. The highest BCUT2D eigenvalue weighted by atomic mass is 31.2. The van der Waals surface area contributed by atoms with Gasteiger partial charge >= 0.3 is 7.82 Å². The summed E-state index contributed by atoms with van der Waals surface area (Å²) < 4.78 is 15.4. The Morgan fingerprint density at radius 3 is 1.35 bits per heavy atom. The van der Waals surface area contributed by atoms with E-state index in [4.69, 9.17) is 29.7 Å². The summed E-state index contributed by atoms with van der Waals surface area (Å²) in [5.41, 5.74) is 0. The van der Waals surface area contributed by atoms with Crippen molar-refractivity contribution >= 4 is 7.82 Å². The fourth-order valence-electron chi connectivity index (χ4n) is 4.41. The lowest BCUT2D eigenvalue weighted by molar-refractivity contribution is -0.371. The zero-order valence-electron chi connectivity index (χ0n) is 26.3. The van der Waals surface area contributed by atoms with Crippen LogP contribution in [-0.2, 0) is 18.8 Å². The van der Waals surface area contributed by atoms with Gasteiger partial charge in [0.05, 0.1) is 39.6 Å². The predicted molar refractivity (Wildman–Crippen MR) is 164 cm³/mol. The molecule has 4 N–H and O–H groups in total. The van der Waals surface area contributed by atoms with E-state index in [0.717, 1.165) is 38.5 Å². The van der Waals surface area contributed by atoms with Crippen LogP contribution < -0.4 is 0 Å². The monoisotopic (exact) mass is 599 g/mol. The Hall–Kier alpha value is -0.0900. The average molecular weight is 600 g/mol. The smallest absolute Gasteiger partial charge is 0.394 e. The van der Waals surface area contributed by atoms with Gasteiger partial charge in [-0.15, -0.1) is 0 Å². The van der Waals surface area contributed by atoms with Crippen molar-refractivity contribution in [2.45, 2.75) is 149 Å². The van der Waals surface area contributed by atoms with Crippen molar-refractivity contribution in [2.75, 3.05) is 39.6 Å². The van der Waals surface area contributed by atoms with Crippen LogP contribution in [0.5, 0.6) is 0 Å². The Balaban J connectivity index is 0. The summed E-state index contributed by atoms with van der Waals surface area (Å²) in [4.78, 5) is 28.0. The minimum atomic E-state index is -4.31. The van der Waals surface area contributed by atoms with Gasteiger partial charge in [0.2, 0.25) is 0 Å². The molecule has 9 nitrogen and oxygen atoms in total. The molecule has 0 unspecified atom stereocenters. The predicted octanol–water partition coefficient (Wildman–Crippen LogP) is 7.71. The van der Waals surface area contributed by atoms with Gasteiger partial charge in [-0.2, -0.15) is 0 Å². The van der Waals surface area contributed by atoms with Gasteiger partial charge in [0.15, 0.2) is 0 Å². The van der Waals surface area contributed by atoms with E-state index in [1.807, 2.05) is 0 Å². The number of hydrogen-bond acceptors (Lipinski definition) is 7. The van der Waals surface area contributed by atoms with Crippen molar-refractivity contribution in [3.05, 3.63) is 0 Å². The molecule has 0 amide bonds. The first-order valence-electron chi connectivity index (χ1n) is 16.3. The molecule has 0 saturated heterocycles. The van der Waals surface area contributed by atoms with Crippen LogP contribution in [0.25, 0.3) is 0 Å². The van der Waals surface area contributed by atoms with E-state index in [0.29, 0.717) is 12.5 Å². The number of hydroxylamine groups is 2. The molecule has 0 bridgehead atoms. The molecule has 0 radical (unpaired) electrons. The fraction of sp³-hybridized carbons (Fsp3) is 1.00. The second-order valence-electron chi connectivity index (χ2n) is 10.7. The molecule has 0 fully saturated rings. The third-order valence-corrected chi connectivity index (χ3v) is 7.24. The molecular formula is C30H66NO8P. The summed E-state index contributed by atoms with van der Waals surface area (Å²) in [6.45, 7) is 7.87. The molecule has 0 aromatic carbocycles. The number of unbranched alkanes of at least 4 members (excludes halogenated alkanes) is 15. The minimum Gasteiger partial charge on any atom is -0.394 e. The van der Waals surface area contributed by atoms with Crippen molar-refractivity contribution < 1.29 is 38.8 Å². The highest BCUT2D eigenvalue weighted by Gasteiger charge is 2.18. The maximum absolute atomic E-state index is 10.8. The molecule has 0 saturated carbocycles. The normalized spacial score (nSPS) is 11.8. The van der Waals surface area contributed by atoms with E-state index in [9.17, 15) is 4.57 Å². The zero-order valence-corrected chi connectivity index (χ0v) is 27.2. The summed E-state index contributed by atoms with van der Waals surface area (Å²) in [7, 11) is -4.31. The molecule has 0 rings (SSSR count). The van der Waals surface area contributed by atoms with Gasteiger partial charge in [0.1, 0.15) is 0 Å². The Morgan fingerprint density at radius 2 is 0.975 bits per heavy atom. The summed E-state index contributed by atoms with van der Waals surface area (Å²) in [5, 5.41) is 18.8. The number of phosphoric acid groups is 1.